The lowest BCUT2D eigenvalue weighted by atomic mass is 10.1. The van der Waals surface area contributed by atoms with E-state index in [4.69, 9.17) is 5.73 Å². The number of nitrogens with two attached hydrogens (primary N) is 1. The van der Waals surface area contributed by atoms with Crippen molar-refractivity contribution >= 4 is 0 Å². The van der Waals surface area contributed by atoms with Crippen LogP contribution in [0.25, 0.3) is 0 Å². The summed E-state index contributed by atoms with van der Waals surface area (Å²) in [5, 5.41) is 0. The minimum Gasteiger partial charge on any atom is -0.328 e. The molecule has 0 aliphatic carbocycles. The van der Waals surface area contributed by atoms with E-state index in [1.54, 1.807) is 0 Å². The Balaban J connectivity index is 2.34. The van der Waals surface area contributed by atoms with E-state index in [2.05, 4.69) is 0 Å². The van der Waals surface area contributed by atoms with Gasteiger partial charge in [-0.1, -0.05) is 13.0 Å². The van der Waals surface area contributed by atoms with Gasteiger partial charge in [0.2, 0.25) is 0 Å². The second-order valence-corrected chi connectivity index (χ2v) is 4.23. The van der Waals surface area contributed by atoms with Crippen LogP contribution in [0.2, 0.25) is 0 Å². The predicted molar refractivity (Wildman–Crippen MR) is 58.1 cm³/mol. The van der Waals surface area contributed by atoms with Gasteiger partial charge in [-0.25, -0.2) is 0 Å². The van der Waals surface area contributed by atoms with Gasteiger partial charge in [0.25, 0.3) is 0 Å². The van der Waals surface area contributed by atoms with Crippen LogP contribution in [-0.2, 0) is 0 Å². The number of alkyl halides is 3. The number of halogens is 3. The molecule has 0 amide bonds. The van der Waals surface area contributed by atoms with E-state index in [1.165, 1.54) is 6.08 Å². The van der Waals surface area contributed by atoms with Crippen LogP contribution >= 0.6 is 0 Å². The molecule has 1 unspecified atom stereocenters. The van der Waals surface area contributed by atoms with Crippen LogP contribution < -0.4 is 5.73 Å². The molecular weight excluding hydrogens is 217 g/mol. The van der Waals surface area contributed by atoms with Crippen LogP contribution in [0.5, 0.6) is 0 Å². The molecule has 0 saturated heterocycles. The standard InChI is InChI=1S/C11H19F3N2/c1-2-10(15)5-8-16-6-3-9(4-7-16)11(12,13)14/h3,10H,2,4-8,15H2,1H3. The molecule has 16 heavy (non-hydrogen) atoms. The lowest BCUT2D eigenvalue weighted by molar-refractivity contribution is -0.0960. The van der Waals surface area contributed by atoms with Gasteiger partial charge in [-0.2, -0.15) is 13.2 Å². The highest BCUT2D eigenvalue weighted by Gasteiger charge is 2.34. The fourth-order valence-corrected chi connectivity index (χ4v) is 1.72. The molecule has 1 rings (SSSR count). The van der Waals surface area contributed by atoms with Gasteiger partial charge in [-0.05, 0) is 25.8 Å². The Morgan fingerprint density at radius 2 is 2.19 bits per heavy atom. The van der Waals surface area contributed by atoms with Gasteiger partial charge in [0.05, 0.1) is 0 Å². The average molecular weight is 236 g/mol. The molecule has 0 fully saturated rings. The largest absolute Gasteiger partial charge is 0.412 e. The zero-order chi connectivity index (χ0) is 12.2. The molecule has 1 aliphatic rings. The molecule has 94 valence electrons. The summed E-state index contributed by atoms with van der Waals surface area (Å²) in [6.07, 6.45) is -0.985. The predicted octanol–water partition coefficient (Wildman–Crippen LogP) is 2.31. The topological polar surface area (TPSA) is 29.3 Å². The van der Waals surface area contributed by atoms with Gasteiger partial charge >= 0.3 is 6.18 Å². The molecule has 0 aromatic rings. The third-order valence-corrected chi connectivity index (χ3v) is 3.00. The number of hydrogen-bond acceptors (Lipinski definition) is 2. The Morgan fingerprint density at radius 3 is 2.62 bits per heavy atom. The minimum atomic E-state index is -4.15. The summed E-state index contributed by atoms with van der Waals surface area (Å²) in [5.74, 6) is 0. The normalized spacial score (nSPS) is 20.7. The van der Waals surface area contributed by atoms with Crippen LogP contribution in [0.1, 0.15) is 26.2 Å². The molecule has 5 heteroatoms. The third kappa shape index (κ3) is 4.14. The van der Waals surface area contributed by atoms with Crippen LogP contribution in [0, 0.1) is 0 Å². The second-order valence-electron chi connectivity index (χ2n) is 4.23. The van der Waals surface area contributed by atoms with Gasteiger partial charge in [0, 0.05) is 24.7 Å². The Labute approximate surface area is 94.3 Å². The Morgan fingerprint density at radius 1 is 1.50 bits per heavy atom. The summed E-state index contributed by atoms with van der Waals surface area (Å²) in [6.45, 7) is 3.69. The first-order valence-corrected chi connectivity index (χ1v) is 5.67. The van der Waals surface area contributed by atoms with E-state index in [-0.39, 0.29) is 18.0 Å². The molecule has 0 bridgehead atoms. The molecule has 0 spiro atoms. The molecule has 1 atom stereocenters. The van der Waals surface area contributed by atoms with Gasteiger partial charge in [-0.15, -0.1) is 0 Å². The van der Waals surface area contributed by atoms with Crippen molar-refractivity contribution in [3.05, 3.63) is 11.6 Å². The fourth-order valence-electron chi connectivity index (χ4n) is 1.72. The molecule has 0 saturated carbocycles. The number of nitrogens with zero attached hydrogens (tertiary/aromatic N) is 1. The third-order valence-electron chi connectivity index (χ3n) is 3.00. The zero-order valence-electron chi connectivity index (χ0n) is 9.56. The first-order chi connectivity index (χ1) is 7.43. The van der Waals surface area contributed by atoms with Crippen molar-refractivity contribution in [1.29, 1.82) is 0 Å². The minimum absolute atomic E-state index is 0.102. The van der Waals surface area contributed by atoms with Gasteiger partial charge in [-0.3, -0.25) is 4.90 Å². The van der Waals surface area contributed by atoms with Crippen molar-refractivity contribution in [2.24, 2.45) is 5.73 Å². The lowest BCUT2D eigenvalue weighted by Crippen LogP contribution is -2.35. The molecule has 2 nitrogen and oxygen atoms in total. The van der Waals surface area contributed by atoms with Crippen molar-refractivity contribution in [2.75, 3.05) is 19.6 Å². The highest BCUT2D eigenvalue weighted by molar-refractivity contribution is 5.12. The van der Waals surface area contributed by atoms with Crippen molar-refractivity contribution < 1.29 is 13.2 Å². The van der Waals surface area contributed by atoms with Crippen LogP contribution in [0.3, 0.4) is 0 Å². The zero-order valence-corrected chi connectivity index (χ0v) is 9.56. The van der Waals surface area contributed by atoms with Crippen LogP contribution in [-0.4, -0.2) is 36.8 Å². The van der Waals surface area contributed by atoms with Gasteiger partial charge in [0.1, 0.15) is 0 Å². The van der Waals surface area contributed by atoms with E-state index in [1.807, 2.05) is 11.8 Å². The highest BCUT2D eigenvalue weighted by atomic mass is 19.4. The number of hydrogen-bond donors (Lipinski definition) is 1. The molecule has 1 heterocycles. The number of rotatable bonds is 4. The molecular formula is C11H19F3N2. The summed E-state index contributed by atoms with van der Waals surface area (Å²) in [5.41, 5.74) is 5.38. The van der Waals surface area contributed by atoms with E-state index in [0.29, 0.717) is 13.1 Å². The molecule has 0 aromatic heterocycles. The second kappa shape index (κ2) is 5.68. The maximum Gasteiger partial charge on any atom is 0.412 e. The molecule has 2 N–H and O–H groups in total. The summed E-state index contributed by atoms with van der Waals surface area (Å²) in [7, 11) is 0. The summed E-state index contributed by atoms with van der Waals surface area (Å²) < 4.78 is 37.0. The molecule has 1 aliphatic heterocycles. The monoisotopic (exact) mass is 236 g/mol. The fraction of sp³-hybridized carbons (Fsp3) is 0.818. The van der Waals surface area contributed by atoms with Crippen LogP contribution in [0.4, 0.5) is 13.2 Å². The van der Waals surface area contributed by atoms with E-state index < -0.39 is 6.18 Å². The Bertz CT molecular complexity index is 248. The van der Waals surface area contributed by atoms with Crippen molar-refractivity contribution in [3.63, 3.8) is 0 Å². The summed E-state index contributed by atoms with van der Waals surface area (Å²) >= 11 is 0. The average Bonchev–Trinajstić information content (AvgIpc) is 2.25. The first kappa shape index (κ1) is 13.5. The summed E-state index contributed by atoms with van der Waals surface area (Å²) in [6, 6.07) is 0.160. The van der Waals surface area contributed by atoms with Crippen molar-refractivity contribution in [1.82, 2.24) is 4.90 Å². The van der Waals surface area contributed by atoms with Crippen LogP contribution in [0.15, 0.2) is 11.6 Å². The highest BCUT2D eigenvalue weighted by Crippen LogP contribution is 2.30. The Hall–Kier alpha value is -0.550. The molecule has 0 aromatic carbocycles. The van der Waals surface area contributed by atoms with E-state index in [9.17, 15) is 13.2 Å². The lowest BCUT2D eigenvalue weighted by Gasteiger charge is -2.27. The molecule has 0 radical (unpaired) electrons. The smallest absolute Gasteiger partial charge is 0.328 e. The van der Waals surface area contributed by atoms with Crippen molar-refractivity contribution in [3.8, 4) is 0 Å². The van der Waals surface area contributed by atoms with E-state index in [0.717, 1.165) is 19.4 Å². The maximum absolute atomic E-state index is 12.3. The van der Waals surface area contributed by atoms with Gasteiger partial charge in [0.15, 0.2) is 0 Å². The van der Waals surface area contributed by atoms with Gasteiger partial charge < -0.3 is 5.73 Å². The first-order valence-electron chi connectivity index (χ1n) is 5.67. The Kier molecular flexibility index (Phi) is 4.80. The summed E-state index contributed by atoms with van der Waals surface area (Å²) in [4.78, 5) is 2.02. The van der Waals surface area contributed by atoms with E-state index >= 15 is 0 Å². The quantitative estimate of drug-likeness (QED) is 0.759. The maximum atomic E-state index is 12.3. The SMILES string of the molecule is CCC(N)CCN1CC=C(C(F)(F)F)CC1. The van der Waals surface area contributed by atoms with Crippen molar-refractivity contribution in [2.45, 2.75) is 38.4 Å².